The fourth-order valence-electron chi connectivity index (χ4n) is 3.46. The first-order valence-electron chi connectivity index (χ1n) is 8.99. The van der Waals surface area contributed by atoms with Gasteiger partial charge in [-0.1, -0.05) is 23.7 Å². The van der Waals surface area contributed by atoms with E-state index in [1.807, 2.05) is 0 Å². The molecular weight excluding hydrogens is 380 g/mol. The lowest BCUT2D eigenvalue weighted by atomic mass is 9.94. The Morgan fingerprint density at radius 3 is 2.82 bits per heavy atom. The summed E-state index contributed by atoms with van der Waals surface area (Å²) in [5, 5.41) is 8.12. The number of nitrogens with two attached hydrogens (primary N) is 1. The molecule has 0 aliphatic carbocycles. The van der Waals surface area contributed by atoms with Gasteiger partial charge < -0.3 is 16.0 Å². The molecule has 0 spiro atoms. The van der Waals surface area contributed by atoms with Gasteiger partial charge in [0.25, 0.3) is 11.5 Å². The van der Waals surface area contributed by atoms with Crippen LogP contribution in [0.4, 0.5) is 0 Å². The SMILES string of the molecule is NC(=NC(=O)c1cnn2c(C3CCNCC3)cc(=O)[nH]c12)c1cccc(Cl)c1. The molecule has 0 unspecified atom stereocenters. The number of nitrogens with zero attached hydrogens (tertiary/aromatic N) is 3. The van der Waals surface area contributed by atoms with Crippen LogP contribution in [-0.4, -0.2) is 39.4 Å². The number of benzene rings is 1. The molecule has 1 aliphatic rings. The third-order valence-corrected chi connectivity index (χ3v) is 5.10. The number of halogens is 1. The summed E-state index contributed by atoms with van der Waals surface area (Å²) in [6.45, 7) is 1.76. The number of piperidine rings is 1. The summed E-state index contributed by atoms with van der Waals surface area (Å²) in [5.41, 5.74) is 7.54. The van der Waals surface area contributed by atoms with E-state index < -0.39 is 5.91 Å². The minimum Gasteiger partial charge on any atom is -0.383 e. The Labute approximate surface area is 165 Å². The van der Waals surface area contributed by atoms with Crippen LogP contribution in [0.2, 0.25) is 5.02 Å². The molecule has 0 atom stereocenters. The number of hydrogen-bond acceptors (Lipinski definition) is 4. The number of hydrogen-bond donors (Lipinski definition) is 3. The van der Waals surface area contributed by atoms with Crippen LogP contribution >= 0.6 is 11.6 Å². The van der Waals surface area contributed by atoms with Crippen molar-refractivity contribution in [3.05, 3.63) is 68.7 Å². The van der Waals surface area contributed by atoms with Crippen LogP contribution < -0.4 is 16.6 Å². The van der Waals surface area contributed by atoms with E-state index in [1.165, 1.54) is 6.20 Å². The highest BCUT2D eigenvalue weighted by atomic mass is 35.5. The van der Waals surface area contributed by atoms with Crippen LogP contribution in [-0.2, 0) is 0 Å². The van der Waals surface area contributed by atoms with Gasteiger partial charge in [-0.2, -0.15) is 10.1 Å². The van der Waals surface area contributed by atoms with E-state index in [4.69, 9.17) is 17.3 Å². The summed E-state index contributed by atoms with van der Waals surface area (Å²) >= 11 is 5.96. The monoisotopic (exact) mass is 398 g/mol. The molecule has 0 saturated carbocycles. The third kappa shape index (κ3) is 3.56. The van der Waals surface area contributed by atoms with Gasteiger partial charge in [0.15, 0.2) is 0 Å². The number of fused-ring (bicyclic) bond motifs is 1. The number of amidine groups is 1. The first-order chi connectivity index (χ1) is 13.5. The van der Waals surface area contributed by atoms with Crippen molar-refractivity contribution in [1.82, 2.24) is 19.9 Å². The van der Waals surface area contributed by atoms with Crippen LogP contribution in [0.25, 0.3) is 5.65 Å². The van der Waals surface area contributed by atoms with Gasteiger partial charge >= 0.3 is 0 Å². The molecule has 8 nitrogen and oxygen atoms in total. The highest BCUT2D eigenvalue weighted by Gasteiger charge is 2.22. The molecule has 3 heterocycles. The first kappa shape index (κ1) is 18.4. The second-order valence-electron chi connectivity index (χ2n) is 6.71. The lowest BCUT2D eigenvalue weighted by molar-refractivity contribution is 0.100. The second-order valence-corrected chi connectivity index (χ2v) is 7.15. The predicted molar refractivity (Wildman–Crippen MR) is 107 cm³/mol. The van der Waals surface area contributed by atoms with Crippen molar-refractivity contribution in [2.45, 2.75) is 18.8 Å². The number of carbonyl (C=O) groups is 1. The maximum atomic E-state index is 12.7. The summed E-state index contributed by atoms with van der Waals surface area (Å²) < 4.78 is 1.62. The third-order valence-electron chi connectivity index (χ3n) is 4.86. The number of carbonyl (C=O) groups excluding carboxylic acids is 1. The van der Waals surface area contributed by atoms with Crippen LogP contribution in [0.15, 0.2) is 46.3 Å². The zero-order valence-electron chi connectivity index (χ0n) is 15.0. The molecule has 2 aromatic heterocycles. The van der Waals surface area contributed by atoms with Crippen molar-refractivity contribution in [2.75, 3.05) is 13.1 Å². The average molecular weight is 399 g/mol. The Morgan fingerprint density at radius 1 is 1.29 bits per heavy atom. The topological polar surface area (TPSA) is 118 Å². The van der Waals surface area contributed by atoms with E-state index in [0.29, 0.717) is 16.2 Å². The van der Waals surface area contributed by atoms with Gasteiger partial charge in [-0.25, -0.2) is 4.52 Å². The molecule has 1 saturated heterocycles. The van der Waals surface area contributed by atoms with Gasteiger partial charge in [0.05, 0.1) is 11.9 Å². The molecule has 4 N–H and O–H groups in total. The molecule has 1 fully saturated rings. The molecule has 3 aromatic rings. The molecule has 9 heteroatoms. The zero-order valence-corrected chi connectivity index (χ0v) is 15.7. The van der Waals surface area contributed by atoms with E-state index in [0.717, 1.165) is 31.6 Å². The number of H-pyrrole nitrogens is 1. The standard InChI is InChI=1S/C19H19ClN6O2/c20-13-3-1-2-12(8-13)17(21)25-19(28)14-10-23-26-15(9-16(27)24-18(14)26)11-4-6-22-7-5-11/h1-3,8-11,22H,4-7H2,(H,24,27)(H2,21,25,28). The van der Waals surface area contributed by atoms with Gasteiger partial charge in [0.2, 0.25) is 0 Å². The van der Waals surface area contributed by atoms with Crippen LogP contribution in [0.5, 0.6) is 0 Å². The molecule has 4 rings (SSSR count). The Morgan fingerprint density at radius 2 is 2.07 bits per heavy atom. The summed E-state index contributed by atoms with van der Waals surface area (Å²) in [4.78, 5) is 31.6. The summed E-state index contributed by atoms with van der Waals surface area (Å²) in [6, 6.07) is 8.32. The lowest BCUT2D eigenvalue weighted by Gasteiger charge is -2.23. The smallest absolute Gasteiger partial charge is 0.284 e. The van der Waals surface area contributed by atoms with Crippen molar-refractivity contribution in [2.24, 2.45) is 10.7 Å². The lowest BCUT2D eigenvalue weighted by Crippen LogP contribution is -2.28. The van der Waals surface area contributed by atoms with E-state index in [-0.39, 0.29) is 22.9 Å². The zero-order chi connectivity index (χ0) is 19.7. The molecular formula is C19H19ClN6O2. The Hall–Kier alpha value is -2.97. The minimum atomic E-state index is -0.578. The molecule has 1 amide bonds. The van der Waals surface area contributed by atoms with Gasteiger partial charge in [-0.15, -0.1) is 0 Å². The van der Waals surface area contributed by atoms with Gasteiger partial charge in [-0.05, 0) is 38.1 Å². The van der Waals surface area contributed by atoms with Gasteiger partial charge in [-0.3, -0.25) is 9.59 Å². The van der Waals surface area contributed by atoms with Gasteiger partial charge in [0.1, 0.15) is 17.0 Å². The van der Waals surface area contributed by atoms with Crippen molar-refractivity contribution < 1.29 is 4.79 Å². The van der Waals surface area contributed by atoms with Crippen LogP contribution in [0, 0.1) is 0 Å². The largest absolute Gasteiger partial charge is 0.383 e. The Balaban J connectivity index is 1.73. The quantitative estimate of drug-likeness (QED) is 0.458. The van der Waals surface area contributed by atoms with Gasteiger partial charge in [0, 0.05) is 22.6 Å². The summed E-state index contributed by atoms with van der Waals surface area (Å²) in [6.07, 6.45) is 3.22. The van der Waals surface area contributed by atoms with Crippen LogP contribution in [0.1, 0.15) is 40.4 Å². The first-order valence-corrected chi connectivity index (χ1v) is 9.37. The average Bonchev–Trinajstić information content (AvgIpc) is 3.11. The summed E-state index contributed by atoms with van der Waals surface area (Å²) in [7, 11) is 0. The van der Waals surface area contributed by atoms with Crippen molar-refractivity contribution in [3.8, 4) is 0 Å². The maximum absolute atomic E-state index is 12.7. The molecule has 28 heavy (non-hydrogen) atoms. The van der Waals surface area contributed by atoms with E-state index >= 15 is 0 Å². The second kappa shape index (κ2) is 7.57. The maximum Gasteiger partial charge on any atom is 0.284 e. The van der Waals surface area contributed by atoms with Crippen LogP contribution in [0.3, 0.4) is 0 Å². The normalized spacial score (nSPS) is 15.8. The van der Waals surface area contributed by atoms with E-state index in [9.17, 15) is 9.59 Å². The predicted octanol–water partition coefficient (Wildman–Crippen LogP) is 1.69. The number of aliphatic imine (C=N–C) groups is 1. The Kier molecular flexibility index (Phi) is 4.97. The summed E-state index contributed by atoms with van der Waals surface area (Å²) in [5.74, 6) is -0.330. The van der Waals surface area contributed by atoms with Crippen molar-refractivity contribution in [1.29, 1.82) is 0 Å². The molecule has 0 radical (unpaired) electrons. The molecule has 144 valence electrons. The number of amides is 1. The van der Waals surface area contributed by atoms with E-state index in [1.54, 1.807) is 34.8 Å². The molecule has 1 aromatic carbocycles. The number of nitrogens with one attached hydrogen (secondary N) is 2. The molecule has 1 aliphatic heterocycles. The number of aromatic amines is 1. The highest BCUT2D eigenvalue weighted by molar-refractivity contribution is 6.31. The van der Waals surface area contributed by atoms with E-state index in [2.05, 4.69) is 20.4 Å². The highest BCUT2D eigenvalue weighted by Crippen LogP contribution is 2.25. The fraction of sp³-hybridized carbons (Fsp3) is 0.263. The number of aromatic nitrogens is 3. The van der Waals surface area contributed by atoms with Crippen molar-refractivity contribution >= 4 is 29.0 Å². The van der Waals surface area contributed by atoms with Crippen molar-refractivity contribution in [3.63, 3.8) is 0 Å². The Bertz CT molecular complexity index is 1130. The number of rotatable bonds is 3. The fourth-order valence-corrected chi connectivity index (χ4v) is 3.65. The minimum absolute atomic E-state index is 0.0451. The molecule has 0 bridgehead atoms.